The molecular formula is C12H17NO. The zero-order valence-corrected chi connectivity index (χ0v) is 8.62. The van der Waals surface area contributed by atoms with E-state index in [2.05, 4.69) is 11.4 Å². The Hall–Kier alpha value is -0.760. The zero-order chi connectivity index (χ0) is 9.54. The van der Waals surface area contributed by atoms with E-state index in [1.807, 2.05) is 13.0 Å². The lowest BCUT2D eigenvalue weighted by Gasteiger charge is -2.12. The monoisotopic (exact) mass is 191 g/mol. The van der Waals surface area contributed by atoms with Crippen LogP contribution in [0.3, 0.4) is 0 Å². The van der Waals surface area contributed by atoms with E-state index in [1.54, 1.807) is 0 Å². The SMILES string of the molecule is Cc1ccc(CNC2CC[C@@H]3C[C@H]23)o1. The second kappa shape index (κ2) is 3.13. The Morgan fingerprint density at radius 2 is 2.36 bits per heavy atom. The fraction of sp³-hybridized carbons (Fsp3) is 0.667. The van der Waals surface area contributed by atoms with E-state index in [-0.39, 0.29) is 0 Å². The van der Waals surface area contributed by atoms with Crippen LogP contribution in [-0.2, 0) is 6.54 Å². The van der Waals surface area contributed by atoms with E-state index in [0.29, 0.717) is 0 Å². The molecule has 2 fully saturated rings. The maximum absolute atomic E-state index is 5.53. The molecule has 0 aromatic carbocycles. The van der Waals surface area contributed by atoms with Crippen molar-refractivity contribution >= 4 is 0 Å². The smallest absolute Gasteiger partial charge is 0.117 e. The third-order valence-electron chi connectivity index (χ3n) is 3.68. The zero-order valence-electron chi connectivity index (χ0n) is 8.62. The summed E-state index contributed by atoms with van der Waals surface area (Å²) in [6.45, 7) is 2.90. The van der Waals surface area contributed by atoms with Crippen molar-refractivity contribution in [2.75, 3.05) is 0 Å². The van der Waals surface area contributed by atoms with Gasteiger partial charge in [0, 0.05) is 6.04 Å². The minimum atomic E-state index is 0.769. The van der Waals surface area contributed by atoms with Crippen molar-refractivity contribution in [1.29, 1.82) is 0 Å². The van der Waals surface area contributed by atoms with Gasteiger partial charge in [0.1, 0.15) is 11.5 Å². The van der Waals surface area contributed by atoms with E-state index in [1.165, 1.54) is 19.3 Å². The largest absolute Gasteiger partial charge is 0.465 e. The molecule has 0 spiro atoms. The summed E-state index contributed by atoms with van der Waals surface area (Å²) >= 11 is 0. The van der Waals surface area contributed by atoms with E-state index in [9.17, 15) is 0 Å². The predicted molar refractivity (Wildman–Crippen MR) is 54.9 cm³/mol. The highest BCUT2D eigenvalue weighted by molar-refractivity contribution is 5.07. The molecule has 3 atom stereocenters. The summed E-state index contributed by atoms with van der Waals surface area (Å²) in [7, 11) is 0. The third kappa shape index (κ3) is 1.48. The second-order valence-corrected chi connectivity index (χ2v) is 4.74. The van der Waals surface area contributed by atoms with Gasteiger partial charge in [0.15, 0.2) is 0 Å². The molecule has 2 nitrogen and oxygen atoms in total. The highest BCUT2D eigenvalue weighted by atomic mass is 16.3. The maximum Gasteiger partial charge on any atom is 0.117 e. The van der Waals surface area contributed by atoms with Crippen LogP contribution in [0.2, 0.25) is 0 Å². The van der Waals surface area contributed by atoms with Crippen LogP contribution in [0, 0.1) is 18.8 Å². The van der Waals surface area contributed by atoms with Gasteiger partial charge >= 0.3 is 0 Å². The van der Waals surface area contributed by atoms with Gasteiger partial charge in [-0.15, -0.1) is 0 Å². The van der Waals surface area contributed by atoms with Crippen molar-refractivity contribution in [3.05, 3.63) is 23.7 Å². The molecule has 0 bridgehead atoms. The summed E-state index contributed by atoms with van der Waals surface area (Å²) in [5, 5.41) is 3.61. The first-order valence-corrected chi connectivity index (χ1v) is 5.61. The van der Waals surface area contributed by atoms with Crippen LogP contribution in [0.25, 0.3) is 0 Å². The molecule has 1 N–H and O–H groups in total. The van der Waals surface area contributed by atoms with Crippen LogP contribution in [0.1, 0.15) is 30.8 Å². The van der Waals surface area contributed by atoms with Gasteiger partial charge in [0.25, 0.3) is 0 Å². The normalized spacial score (nSPS) is 34.5. The van der Waals surface area contributed by atoms with E-state index < -0.39 is 0 Å². The first-order chi connectivity index (χ1) is 6.83. The number of fused-ring (bicyclic) bond motifs is 1. The molecule has 0 radical (unpaired) electrons. The van der Waals surface area contributed by atoms with Crippen LogP contribution >= 0.6 is 0 Å². The number of hydrogen-bond donors (Lipinski definition) is 1. The molecule has 0 saturated heterocycles. The molecule has 0 amide bonds. The molecule has 1 aromatic rings. The quantitative estimate of drug-likeness (QED) is 0.794. The van der Waals surface area contributed by atoms with Crippen LogP contribution in [-0.4, -0.2) is 6.04 Å². The Kier molecular flexibility index (Phi) is 1.91. The summed E-state index contributed by atoms with van der Waals surface area (Å²) in [6, 6.07) is 4.87. The van der Waals surface area contributed by atoms with Crippen LogP contribution in [0.15, 0.2) is 16.5 Å². The molecule has 1 heterocycles. The highest BCUT2D eigenvalue weighted by Gasteiger charge is 2.47. The molecule has 0 aliphatic heterocycles. The standard InChI is InChI=1S/C12H17NO/c1-8-2-4-10(14-8)7-13-12-5-3-9-6-11(9)12/h2,4,9,11-13H,3,5-7H2,1H3/t9-,11+,12?/m1/s1. The fourth-order valence-corrected chi connectivity index (χ4v) is 2.77. The van der Waals surface area contributed by atoms with Gasteiger partial charge in [-0.3, -0.25) is 0 Å². The lowest BCUT2D eigenvalue weighted by Crippen LogP contribution is -2.28. The van der Waals surface area contributed by atoms with Crippen molar-refractivity contribution in [3.63, 3.8) is 0 Å². The van der Waals surface area contributed by atoms with Crippen molar-refractivity contribution in [3.8, 4) is 0 Å². The molecule has 2 saturated carbocycles. The molecule has 2 aliphatic rings. The van der Waals surface area contributed by atoms with Crippen LogP contribution < -0.4 is 5.32 Å². The summed E-state index contributed by atoms with van der Waals surface area (Å²) in [4.78, 5) is 0. The summed E-state index contributed by atoms with van der Waals surface area (Å²) in [6.07, 6.45) is 4.28. The lowest BCUT2D eigenvalue weighted by atomic mass is 10.2. The second-order valence-electron chi connectivity index (χ2n) is 4.74. The predicted octanol–water partition coefficient (Wildman–Crippen LogP) is 2.48. The average Bonchev–Trinajstić information content (AvgIpc) is 2.66. The lowest BCUT2D eigenvalue weighted by molar-refractivity contribution is 0.415. The average molecular weight is 191 g/mol. The Labute approximate surface area is 84.7 Å². The van der Waals surface area contributed by atoms with Crippen molar-refractivity contribution in [2.24, 2.45) is 11.8 Å². The molecule has 1 unspecified atom stereocenters. The van der Waals surface area contributed by atoms with Crippen molar-refractivity contribution in [1.82, 2.24) is 5.32 Å². The minimum absolute atomic E-state index is 0.769. The van der Waals surface area contributed by atoms with Crippen LogP contribution in [0.5, 0.6) is 0 Å². The Morgan fingerprint density at radius 1 is 1.43 bits per heavy atom. The third-order valence-corrected chi connectivity index (χ3v) is 3.68. The summed E-state index contributed by atoms with van der Waals surface area (Å²) < 4.78 is 5.53. The molecular weight excluding hydrogens is 174 g/mol. The Morgan fingerprint density at radius 3 is 2.93 bits per heavy atom. The van der Waals surface area contributed by atoms with Gasteiger partial charge in [-0.2, -0.15) is 0 Å². The topological polar surface area (TPSA) is 25.2 Å². The van der Waals surface area contributed by atoms with Crippen molar-refractivity contribution < 1.29 is 4.42 Å². The molecule has 1 aromatic heterocycles. The first kappa shape index (κ1) is 8.54. The number of rotatable bonds is 3. The van der Waals surface area contributed by atoms with Gasteiger partial charge in [0.2, 0.25) is 0 Å². The fourth-order valence-electron chi connectivity index (χ4n) is 2.77. The summed E-state index contributed by atoms with van der Waals surface area (Å²) in [5.41, 5.74) is 0. The number of furan rings is 1. The first-order valence-electron chi connectivity index (χ1n) is 5.61. The number of nitrogens with one attached hydrogen (secondary N) is 1. The highest BCUT2D eigenvalue weighted by Crippen LogP contribution is 2.51. The van der Waals surface area contributed by atoms with E-state index >= 15 is 0 Å². The number of aryl methyl sites for hydroxylation is 1. The van der Waals surface area contributed by atoms with Gasteiger partial charge < -0.3 is 9.73 Å². The molecule has 14 heavy (non-hydrogen) atoms. The molecule has 2 aliphatic carbocycles. The maximum atomic E-state index is 5.53. The Balaban J connectivity index is 1.54. The molecule has 2 heteroatoms. The van der Waals surface area contributed by atoms with E-state index in [0.717, 1.165) is 35.9 Å². The van der Waals surface area contributed by atoms with Gasteiger partial charge in [-0.05, 0) is 50.2 Å². The Bertz CT molecular complexity index is 331. The van der Waals surface area contributed by atoms with Gasteiger partial charge in [0.05, 0.1) is 6.54 Å². The van der Waals surface area contributed by atoms with Crippen LogP contribution in [0.4, 0.5) is 0 Å². The van der Waals surface area contributed by atoms with E-state index in [4.69, 9.17) is 4.42 Å². The summed E-state index contributed by atoms with van der Waals surface area (Å²) in [5.74, 6) is 4.14. The minimum Gasteiger partial charge on any atom is -0.465 e. The number of hydrogen-bond acceptors (Lipinski definition) is 2. The molecule has 3 rings (SSSR count). The molecule has 76 valence electrons. The van der Waals surface area contributed by atoms with Gasteiger partial charge in [-0.25, -0.2) is 0 Å². The van der Waals surface area contributed by atoms with Crippen molar-refractivity contribution in [2.45, 2.75) is 38.8 Å². The van der Waals surface area contributed by atoms with Gasteiger partial charge in [-0.1, -0.05) is 0 Å².